The number of esters is 1. The zero-order valence-corrected chi connectivity index (χ0v) is 14.9. The first-order valence-corrected chi connectivity index (χ1v) is 8.46. The van der Waals surface area contributed by atoms with Crippen LogP contribution < -0.4 is 10.2 Å². The number of hydrogen-bond acceptors (Lipinski definition) is 4. The van der Waals surface area contributed by atoms with Crippen molar-refractivity contribution in [1.82, 2.24) is 5.43 Å². The molecule has 1 amide bonds. The van der Waals surface area contributed by atoms with E-state index in [1.165, 1.54) is 6.21 Å². The number of nitrogens with one attached hydrogen (secondary N) is 1. The van der Waals surface area contributed by atoms with Gasteiger partial charge in [0.2, 0.25) is 0 Å². The van der Waals surface area contributed by atoms with Crippen LogP contribution in [0.4, 0.5) is 0 Å². The third-order valence-electron chi connectivity index (χ3n) is 3.60. The largest absolute Gasteiger partial charge is 0.423 e. The van der Waals surface area contributed by atoms with Crippen molar-refractivity contribution in [1.29, 1.82) is 0 Å². The molecule has 0 heterocycles. The second kappa shape index (κ2) is 8.78. The Bertz CT molecular complexity index is 970. The van der Waals surface area contributed by atoms with Gasteiger partial charge in [0.15, 0.2) is 0 Å². The molecule has 3 aromatic rings. The summed E-state index contributed by atoms with van der Waals surface area (Å²) in [5.41, 5.74) is 3.97. The summed E-state index contributed by atoms with van der Waals surface area (Å²) in [6, 6.07) is 22.2. The zero-order valence-electron chi connectivity index (χ0n) is 14.1. The van der Waals surface area contributed by atoms with Crippen molar-refractivity contribution < 1.29 is 14.3 Å². The average molecular weight is 379 g/mol. The molecule has 1 N–H and O–H groups in total. The van der Waals surface area contributed by atoms with Gasteiger partial charge < -0.3 is 4.74 Å². The highest BCUT2D eigenvalue weighted by atomic mass is 35.5. The van der Waals surface area contributed by atoms with Crippen molar-refractivity contribution in [2.24, 2.45) is 5.10 Å². The van der Waals surface area contributed by atoms with Gasteiger partial charge in [-0.25, -0.2) is 10.2 Å². The van der Waals surface area contributed by atoms with Gasteiger partial charge in [0.25, 0.3) is 5.91 Å². The predicted octanol–water partition coefficient (Wildman–Crippen LogP) is 4.32. The van der Waals surface area contributed by atoms with Gasteiger partial charge in [-0.05, 0) is 54.1 Å². The lowest BCUT2D eigenvalue weighted by Crippen LogP contribution is -2.17. The third-order valence-corrected chi connectivity index (χ3v) is 3.93. The molecule has 0 aliphatic heterocycles. The number of rotatable bonds is 5. The van der Waals surface area contributed by atoms with Crippen LogP contribution in [0.5, 0.6) is 5.75 Å². The van der Waals surface area contributed by atoms with Crippen molar-refractivity contribution in [2.45, 2.75) is 0 Å². The van der Waals surface area contributed by atoms with E-state index in [-0.39, 0.29) is 0 Å². The number of amides is 1. The molecule has 0 aliphatic carbocycles. The van der Waals surface area contributed by atoms with E-state index in [9.17, 15) is 9.59 Å². The molecule has 0 spiro atoms. The Labute approximate surface area is 161 Å². The van der Waals surface area contributed by atoms with E-state index in [0.29, 0.717) is 21.9 Å². The first kappa shape index (κ1) is 18.4. The highest BCUT2D eigenvalue weighted by molar-refractivity contribution is 6.33. The van der Waals surface area contributed by atoms with Gasteiger partial charge in [0.05, 0.1) is 22.4 Å². The standard InChI is InChI=1S/C21H15ClN2O3/c22-19-9-5-4-8-18(19)20(25)24-23-14-15-10-12-17(13-11-15)27-21(26)16-6-2-1-3-7-16/h1-14H,(H,24,25)/b23-14-. The molecule has 0 bridgehead atoms. The fourth-order valence-electron chi connectivity index (χ4n) is 2.23. The van der Waals surface area contributed by atoms with Crippen LogP contribution in [0.15, 0.2) is 84.0 Å². The molecule has 0 saturated carbocycles. The van der Waals surface area contributed by atoms with Crippen molar-refractivity contribution in [3.8, 4) is 5.75 Å². The molecule has 0 aromatic heterocycles. The minimum atomic E-state index is -0.427. The summed E-state index contributed by atoms with van der Waals surface area (Å²) in [7, 11) is 0. The monoisotopic (exact) mass is 378 g/mol. The lowest BCUT2D eigenvalue weighted by atomic mass is 10.2. The molecule has 6 heteroatoms. The van der Waals surface area contributed by atoms with Gasteiger partial charge in [0, 0.05) is 0 Å². The molecular weight excluding hydrogens is 364 g/mol. The predicted molar refractivity (Wildman–Crippen MR) is 104 cm³/mol. The van der Waals surface area contributed by atoms with Gasteiger partial charge in [-0.1, -0.05) is 41.9 Å². The van der Waals surface area contributed by atoms with Crippen LogP contribution in [0.1, 0.15) is 26.3 Å². The molecular formula is C21H15ClN2O3. The van der Waals surface area contributed by atoms with Crippen LogP contribution in [0, 0.1) is 0 Å². The summed E-state index contributed by atoms with van der Waals surface area (Å²) in [5.74, 6) is -0.407. The van der Waals surface area contributed by atoms with E-state index in [1.54, 1.807) is 72.8 Å². The summed E-state index contributed by atoms with van der Waals surface area (Å²) >= 11 is 5.96. The summed E-state index contributed by atoms with van der Waals surface area (Å²) < 4.78 is 5.30. The lowest BCUT2D eigenvalue weighted by Gasteiger charge is -2.04. The van der Waals surface area contributed by atoms with Crippen molar-refractivity contribution in [3.63, 3.8) is 0 Å². The van der Waals surface area contributed by atoms with Crippen LogP contribution in [0.2, 0.25) is 5.02 Å². The minimum Gasteiger partial charge on any atom is -0.423 e. The van der Waals surface area contributed by atoms with Crippen molar-refractivity contribution in [2.75, 3.05) is 0 Å². The fourth-order valence-corrected chi connectivity index (χ4v) is 2.45. The Morgan fingerprint density at radius 2 is 1.56 bits per heavy atom. The Hall–Kier alpha value is -3.44. The molecule has 134 valence electrons. The minimum absolute atomic E-state index is 0.347. The second-order valence-corrected chi connectivity index (χ2v) is 5.91. The van der Waals surface area contributed by atoms with Gasteiger partial charge >= 0.3 is 5.97 Å². The van der Waals surface area contributed by atoms with Crippen LogP contribution in [-0.2, 0) is 0 Å². The number of benzene rings is 3. The van der Waals surface area contributed by atoms with Crippen LogP contribution in [0.25, 0.3) is 0 Å². The smallest absolute Gasteiger partial charge is 0.343 e. The molecule has 0 atom stereocenters. The fraction of sp³-hybridized carbons (Fsp3) is 0. The second-order valence-electron chi connectivity index (χ2n) is 5.50. The Kier molecular flexibility index (Phi) is 5.97. The Balaban J connectivity index is 1.57. The highest BCUT2D eigenvalue weighted by Gasteiger charge is 2.08. The summed E-state index contributed by atoms with van der Waals surface area (Å²) in [4.78, 5) is 24.0. The van der Waals surface area contributed by atoms with E-state index in [0.717, 1.165) is 5.56 Å². The normalized spacial score (nSPS) is 10.6. The molecule has 3 aromatic carbocycles. The number of carbonyl (C=O) groups is 2. The van der Waals surface area contributed by atoms with Crippen LogP contribution in [-0.4, -0.2) is 18.1 Å². The number of hydrogen-bond donors (Lipinski definition) is 1. The van der Waals surface area contributed by atoms with Gasteiger partial charge in [-0.3, -0.25) is 4.79 Å². The Morgan fingerprint density at radius 3 is 2.26 bits per heavy atom. The van der Waals surface area contributed by atoms with Crippen LogP contribution in [0.3, 0.4) is 0 Å². The first-order chi connectivity index (χ1) is 13.1. The van der Waals surface area contributed by atoms with E-state index >= 15 is 0 Å². The van der Waals surface area contributed by atoms with E-state index in [2.05, 4.69) is 10.5 Å². The highest BCUT2D eigenvalue weighted by Crippen LogP contribution is 2.15. The molecule has 3 rings (SSSR count). The van der Waals surface area contributed by atoms with Crippen molar-refractivity contribution in [3.05, 3.63) is 101 Å². The molecule has 0 saturated heterocycles. The summed E-state index contributed by atoms with van der Waals surface area (Å²) in [6.07, 6.45) is 1.48. The molecule has 0 fully saturated rings. The number of nitrogens with zero attached hydrogens (tertiary/aromatic N) is 1. The van der Waals surface area contributed by atoms with Gasteiger partial charge in [-0.15, -0.1) is 0 Å². The van der Waals surface area contributed by atoms with Crippen molar-refractivity contribution >= 4 is 29.7 Å². The molecule has 0 aliphatic rings. The first-order valence-electron chi connectivity index (χ1n) is 8.09. The summed E-state index contributed by atoms with van der Waals surface area (Å²) in [5, 5.41) is 4.26. The van der Waals surface area contributed by atoms with Gasteiger partial charge in [0.1, 0.15) is 5.75 Å². The maximum Gasteiger partial charge on any atom is 0.343 e. The maximum atomic E-state index is 12.0. The topological polar surface area (TPSA) is 67.8 Å². The number of hydrazone groups is 1. The Morgan fingerprint density at radius 1 is 0.889 bits per heavy atom. The van der Waals surface area contributed by atoms with Crippen LogP contribution >= 0.6 is 11.6 Å². The van der Waals surface area contributed by atoms with E-state index in [1.807, 2.05) is 6.07 Å². The van der Waals surface area contributed by atoms with E-state index in [4.69, 9.17) is 16.3 Å². The van der Waals surface area contributed by atoms with Gasteiger partial charge in [-0.2, -0.15) is 5.10 Å². The number of ether oxygens (including phenoxy) is 1. The van der Waals surface area contributed by atoms with E-state index < -0.39 is 11.9 Å². The SMILES string of the molecule is O=C(Oc1ccc(/C=N\NC(=O)c2ccccc2Cl)cc1)c1ccccc1. The molecule has 0 unspecified atom stereocenters. The third kappa shape index (κ3) is 5.03. The zero-order chi connectivity index (χ0) is 19.1. The lowest BCUT2D eigenvalue weighted by molar-refractivity contribution is 0.0734. The number of halogens is 1. The quantitative estimate of drug-likeness (QED) is 0.311. The molecule has 0 radical (unpaired) electrons. The average Bonchev–Trinajstić information content (AvgIpc) is 2.70. The maximum absolute atomic E-state index is 12.0. The molecule has 27 heavy (non-hydrogen) atoms. The summed E-state index contributed by atoms with van der Waals surface area (Å²) in [6.45, 7) is 0. The number of carbonyl (C=O) groups excluding carboxylic acids is 2. The molecule has 5 nitrogen and oxygen atoms in total.